The maximum atomic E-state index is 12.9. The second-order valence-electron chi connectivity index (χ2n) is 4.84. The number of nitrogens with one attached hydrogen (secondary N) is 1. The molecule has 0 radical (unpaired) electrons. The Hall–Kier alpha value is -1.42. The molecule has 22 heavy (non-hydrogen) atoms. The zero-order chi connectivity index (χ0) is 15.9. The summed E-state index contributed by atoms with van der Waals surface area (Å²) in [4.78, 5) is 13.9. The highest BCUT2D eigenvalue weighted by molar-refractivity contribution is 9.10. The molecule has 9 heteroatoms. The number of aromatic amines is 1. The average molecular weight is 389 g/mol. The highest BCUT2D eigenvalue weighted by Crippen LogP contribution is 2.32. The van der Waals surface area contributed by atoms with Crippen LogP contribution in [0.25, 0.3) is 10.9 Å². The van der Waals surface area contributed by atoms with Gasteiger partial charge < -0.3 is 14.8 Å². The third-order valence-corrected chi connectivity index (χ3v) is 5.97. The lowest BCUT2D eigenvalue weighted by Gasteiger charge is -2.26. The molecule has 7 nitrogen and oxygen atoms in total. The molecule has 0 aliphatic carbocycles. The van der Waals surface area contributed by atoms with Crippen LogP contribution in [0.3, 0.4) is 0 Å². The van der Waals surface area contributed by atoms with E-state index in [1.54, 1.807) is 18.2 Å². The third-order valence-electron chi connectivity index (χ3n) is 3.49. The molecule has 2 N–H and O–H groups in total. The Morgan fingerprint density at radius 2 is 2.00 bits per heavy atom. The predicted octanol–water partition coefficient (Wildman–Crippen LogP) is 1.65. The first-order chi connectivity index (χ1) is 10.4. The van der Waals surface area contributed by atoms with E-state index in [1.807, 2.05) is 0 Å². The number of rotatable bonds is 3. The first kappa shape index (κ1) is 15.5. The van der Waals surface area contributed by atoms with Crippen molar-refractivity contribution in [2.75, 3.05) is 26.3 Å². The summed E-state index contributed by atoms with van der Waals surface area (Å²) in [5.41, 5.74) is 0.145. The molecule has 0 bridgehead atoms. The number of carboxylic acid groups (broad SMARTS) is 1. The fourth-order valence-corrected chi connectivity index (χ4v) is 4.57. The fraction of sp³-hybridized carbons (Fsp3) is 0.308. The number of H-pyrrole nitrogens is 1. The lowest BCUT2D eigenvalue weighted by molar-refractivity contribution is 0.0683. The standard InChI is InChI=1S/C13H13BrN2O5S/c14-8-1-2-10-9(7-8)12(11(15-10)13(17)18)22(19,20)16-3-5-21-6-4-16/h1-2,7,15H,3-6H2,(H,17,18). The van der Waals surface area contributed by atoms with E-state index in [0.717, 1.165) is 0 Å². The summed E-state index contributed by atoms with van der Waals surface area (Å²) in [7, 11) is -3.92. The number of hydrogen-bond acceptors (Lipinski definition) is 4. The highest BCUT2D eigenvalue weighted by Gasteiger charge is 2.33. The number of sulfonamides is 1. The van der Waals surface area contributed by atoms with Gasteiger partial charge in [0.2, 0.25) is 10.0 Å². The van der Waals surface area contributed by atoms with Gasteiger partial charge in [0.25, 0.3) is 0 Å². The normalized spacial score (nSPS) is 17.0. The Labute approximate surface area is 135 Å². The first-order valence-corrected chi connectivity index (χ1v) is 8.77. The molecule has 2 aromatic rings. The van der Waals surface area contributed by atoms with Gasteiger partial charge in [-0.15, -0.1) is 0 Å². The molecule has 0 amide bonds. The van der Waals surface area contributed by atoms with Crippen LogP contribution in [0, 0.1) is 0 Å². The van der Waals surface area contributed by atoms with E-state index in [0.29, 0.717) is 28.6 Å². The molecule has 1 saturated heterocycles. The molecule has 0 atom stereocenters. The van der Waals surface area contributed by atoms with Crippen LogP contribution in [0.5, 0.6) is 0 Å². The molecular weight excluding hydrogens is 376 g/mol. The van der Waals surface area contributed by atoms with Gasteiger partial charge in [0.1, 0.15) is 10.6 Å². The summed E-state index contributed by atoms with van der Waals surface area (Å²) in [5.74, 6) is -1.31. The number of nitrogens with zero attached hydrogens (tertiary/aromatic N) is 1. The topological polar surface area (TPSA) is 99.7 Å². The average Bonchev–Trinajstić information content (AvgIpc) is 2.87. The first-order valence-electron chi connectivity index (χ1n) is 6.53. The number of halogens is 1. The van der Waals surface area contributed by atoms with Crippen molar-refractivity contribution in [2.45, 2.75) is 4.90 Å². The minimum absolute atomic E-state index is 0.196. The monoisotopic (exact) mass is 388 g/mol. The van der Waals surface area contributed by atoms with Crippen LogP contribution in [0.15, 0.2) is 27.6 Å². The second kappa shape index (κ2) is 5.65. The molecule has 1 aromatic carbocycles. The predicted molar refractivity (Wildman–Crippen MR) is 82.5 cm³/mol. The quantitative estimate of drug-likeness (QED) is 0.832. The van der Waals surface area contributed by atoms with E-state index in [-0.39, 0.29) is 23.7 Å². The number of carboxylic acids is 1. The van der Waals surface area contributed by atoms with E-state index < -0.39 is 16.0 Å². The lowest BCUT2D eigenvalue weighted by atomic mass is 10.2. The van der Waals surface area contributed by atoms with Crippen molar-refractivity contribution in [1.29, 1.82) is 0 Å². The maximum Gasteiger partial charge on any atom is 0.353 e. The number of carbonyl (C=O) groups is 1. The van der Waals surface area contributed by atoms with E-state index in [2.05, 4.69) is 20.9 Å². The molecule has 1 aromatic heterocycles. The van der Waals surface area contributed by atoms with Crippen molar-refractivity contribution in [3.05, 3.63) is 28.4 Å². The van der Waals surface area contributed by atoms with Gasteiger partial charge in [-0.1, -0.05) is 15.9 Å². The zero-order valence-corrected chi connectivity index (χ0v) is 13.8. The number of aromatic carboxylic acids is 1. The van der Waals surface area contributed by atoms with Gasteiger partial charge >= 0.3 is 5.97 Å². The SMILES string of the molecule is O=C(O)c1[nH]c2ccc(Br)cc2c1S(=O)(=O)N1CCOCC1. The third kappa shape index (κ3) is 2.54. The van der Waals surface area contributed by atoms with Crippen LogP contribution in [0.1, 0.15) is 10.5 Å². The van der Waals surface area contributed by atoms with E-state index in [4.69, 9.17) is 4.74 Å². The van der Waals surface area contributed by atoms with Crippen LogP contribution in [-0.4, -0.2) is 55.1 Å². The van der Waals surface area contributed by atoms with Crippen LogP contribution < -0.4 is 0 Å². The number of ether oxygens (including phenoxy) is 1. The number of fused-ring (bicyclic) bond motifs is 1. The molecule has 1 aliphatic heterocycles. The molecule has 0 spiro atoms. The van der Waals surface area contributed by atoms with Gasteiger partial charge in [-0.25, -0.2) is 13.2 Å². The summed E-state index contributed by atoms with van der Waals surface area (Å²) >= 11 is 3.29. The number of morpholine rings is 1. The van der Waals surface area contributed by atoms with Gasteiger partial charge in [-0.05, 0) is 18.2 Å². The minimum Gasteiger partial charge on any atom is -0.477 e. The lowest BCUT2D eigenvalue weighted by Crippen LogP contribution is -2.41. The Balaban J connectivity index is 2.25. The molecule has 1 aliphatic rings. The van der Waals surface area contributed by atoms with Gasteiger partial charge in [0, 0.05) is 28.5 Å². The second-order valence-corrected chi connectivity index (χ2v) is 7.63. The smallest absolute Gasteiger partial charge is 0.353 e. The van der Waals surface area contributed by atoms with E-state index in [1.165, 1.54) is 4.31 Å². The van der Waals surface area contributed by atoms with Gasteiger partial charge in [-0.2, -0.15) is 4.31 Å². The molecule has 118 valence electrons. The van der Waals surface area contributed by atoms with Crippen molar-refractivity contribution >= 4 is 42.8 Å². The molecule has 2 heterocycles. The van der Waals surface area contributed by atoms with E-state index >= 15 is 0 Å². The Bertz CT molecular complexity index is 839. The largest absolute Gasteiger partial charge is 0.477 e. The summed E-state index contributed by atoms with van der Waals surface area (Å²) < 4.78 is 32.8. The number of aromatic nitrogens is 1. The summed E-state index contributed by atoms with van der Waals surface area (Å²) in [6, 6.07) is 4.96. The maximum absolute atomic E-state index is 12.9. The van der Waals surface area contributed by atoms with Gasteiger partial charge in [0.15, 0.2) is 0 Å². The summed E-state index contributed by atoms with van der Waals surface area (Å²) in [6.45, 7) is 1.02. The molecule has 0 saturated carbocycles. The van der Waals surface area contributed by atoms with Crippen molar-refractivity contribution < 1.29 is 23.1 Å². The van der Waals surface area contributed by atoms with Crippen molar-refractivity contribution in [3.63, 3.8) is 0 Å². The Kier molecular flexibility index (Phi) is 3.98. The number of hydrogen-bond donors (Lipinski definition) is 2. The van der Waals surface area contributed by atoms with Crippen LogP contribution in [-0.2, 0) is 14.8 Å². The Morgan fingerprint density at radius 3 is 2.64 bits per heavy atom. The van der Waals surface area contributed by atoms with Crippen molar-refractivity contribution in [3.8, 4) is 0 Å². The summed E-state index contributed by atoms with van der Waals surface area (Å²) in [6.07, 6.45) is 0. The number of benzene rings is 1. The zero-order valence-electron chi connectivity index (χ0n) is 11.4. The molecular formula is C13H13BrN2O5S. The molecule has 3 rings (SSSR count). The van der Waals surface area contributed by atoms with Gasteiger partial charge in [-0.3, -0.25) is 0 Å². The van der Waals surface area contributed by atoms with Crippen LogP contribution >= 0.6 is 15.9 Å². The van der Waals surface area contributed by atoms with Crippen molar-refractivity contribution in [1.82, 2.24) is 9.29 Å². The summed E-state index contributed by atoms with van der Waals surface area (Å²) in [5, 5.41) is 9.71. The fourth-order valence-electron chi connectivity index (χ4n) is 2.47. The molecule has 1 fully saturated rings. The van der Waals surface area contributed by atoms with Gasteiger partial charge in [0.05, 0.1) is 13.2 Å². The minimum atomic E-state index is -3.92. The van der Waals surface area contributed by atoms with Crippen molar-refractivity contribution in [2.24, 2.45) is 0 Å². The van der Waals surface area contributed by atoms with E-state index in [9.17, 15) is 18.3 Å². The van der Waals surface area contributed by atoms with Crippen LogP contribution in [0.4, 0.5) is 0 Å². The highest BCUT2D eigenvalue weighted by atomic mass is 79.9. The molecule has 0 unspecified atom stereocenters. The van der Waals surface area contributed by atoms with Crippen LogP contribution in [0.2, 0.25) is 0 Å². The Morgan fingerprint density at radius 1 is 1.32 bits per heavy atom.